The fraction of sp³-hybridized carbons (Fsp3) is 0.417. The Labute approximate surface area is 92.9 Å². The van der Waals surface area contributed by atoms with Gasteiger partial charge in [0.15, 0.2) is 11.6 Å². The zero-order valence-electron chi connectivity index (χ0n) is 9.00. The molecular weight excluding hydrogens is 211 g/mol. The minimum Gasteiger partial charge on any atom is -0.494 e. The highest BCUT2D eigenvalue weighted by atomic mass is 19.1. The van der Waals surface area contributed by atoms with Gasteiger partial charge in [-0.3, -0.25) is 4.79 Å². The van der Waals surface area contributed by atoms with Crippen LogP contribution in [0.5, 0.6) is 5.75 Å². The zero-order valence-corrected chi connectivity index (χ0v) is 9.00. The summed E-state index contributed by atoms with van der Waals surface area (Å²) in [5, 5.41) is 8.81. The van der Waals surface area contributed by atoms with Crippen molar-refractivity contribution in [1.29, 1.82) is 0 Å². The number of carbonyl (C=O) groups is 1. The van der Waals surface area contributed by atoms with Crippen LogP contribution in [-0.4, -0.2) is 18.2 Å². The van der Waals surface area contributed by atoms with Gasteiger partial charge in [0, 0.05) is 5.41 Å². The van der Waals surface area contributed by atoms with Crippen molar-refractivity contribution in [2.45, 2.75) is 24.7 Å². The summed E-state index contributed by atoms with van der Waals surface area (Å²) in [5.41, 5.74) is -0.0426. The zero-order chi connectivity index (χ0) is 11.8. The second-order valence-electron chi connectivity index (χ2n) is 4.17. The van der Waals surface area contributed by atoms with E-state index in [2.05, 4.69) is 0 Å². The van der Waals surface area contributed by atoms with E-state index in [1.54, 1.807) is 12.1 Å². The van der Waals surface area contributed by atoms with Crippen LogP contribution < -0.4 is 4.74 Å². The van der Waals surface area contributed by atoms with Gasteiger partial charge >= 0.3 is 5.97 Å². The maximum absolute atomic E-state index is 13.9. The number of carboxylic acid groups (broad SMARTS) is 1. The molecule has 0 radical (unpaired) electrons. The summed E-state index contributed by atoms with van der Waals surface area (Å²) in [5.74, 6) is -1.14. The molecule has 86 valence electrons. The second kappa shape index (κ2) is 3.77. The average molecular weight is 224 g/mol. The predicted molar refractivity (Wildman–Crippen MR) is 56.1 cm³/mol. The van der Waals surface area contributed by atoms with Crippen molar-refractivity contribution in [3.8, 4) is 5.75 Å². The van der Waals surface area contributed by atoms with Crippen molar-refractivity contribution in [2.75, 3.05) is 7.11 Å². The number of methoxy groups -OCH3 is 1. The van der Waals surface area contributed by atoms with Crippen molar-refractivity contribution in [3.05, 3.63) is 29.6 Å². The summed E-state index contributed by atoms with van der Waals surface area (Å²) < 4.78 is 18.8. The maximum atomic E-state index is 13.9. The van der Waals surface area contributed by atoms with Crippen LogP contribution in [0, 0.1) is 5.82 Å². The molecule has 1 aliphatic carbocycles. The number of halogens is 1. The lowest BCUT2D eigenvalue weighted by molar-refractivity contribution is -0.137. The molecule has 1 N–H and O–H groups in total. The number of ether oxygens (including phenoxy) is 1. The first kappa shape index (κ1) is 10.9. The van der Waals surface area contributed by atoms with Gasteiger partial charge in [-0.25, -0.2) is 4.39 Å². The van der Waals surface area contributed by atoms with E-state index in [9.17, 15) is 9.18 Å². The molecule has 0 amide bonds. The molecule has 1 aromatic rings. The standard InChI is InChI=1S/C12H13FO3/c1-16-9-4-2-3-8(11(9)13)12(5-6-12)7-10(14)15/h2-4H,5-7H2,1H3,(H,14,15). The molecule has 1 aliphatic rings. The number of aliphatic carboxylic acids is 1. The molecule has 0 unspecified atom stereocenters. The molecule has 0 aromatic heterocycles. The van der Waals surface area contributed by atoms with Crippen LogP contribution in [0.15, 0.2) is 18.2 Å². The largest absolute Gasteiger partial charge is 0.494 e. The lowest BCUT2D eigenvalue weighted by Gasteiger charge is -2.15. The highest BCUT2D eigenvalue weighted by Crippen LogP contribution is 2.52. The van der Waals surface area contributed by atoms with Crippen molar-refractivity contribution < 1.29 is 19.0 Å². The Morgan fingerprint density at radius 2 is 2.25 bits per heavy atom. The first-order chi connectivity index (χ1) is 7.59. The molecule has 0 aliphatic heterocycles. The smallest absolute Gasteiger partial charge is 0.304 e. The van der Waals surface area contributed by atoms with Gasteiger partial charge in [0.1, 0.15) is 0 Å². The molecule has 0 saturated heterocycles. The van der Waals surface area contributed by atoms with Crippen LogP contribution >= 0.6 is 0 Å². The number of benzene rings is 1. The molecule has 3 nitrogen and oxygen atoms in total. The molecule has 0 heterocycles. The van der Waals surface area contributed by atoms with E-state index >= 15 is 0 Å². The summed E-state index contributed by atoms with van der Waals surface area (Å²) >= 11 is 0. The quantitative estimate of drug-likeness (QED) is 0.853. The third-order valence-electron chi connectivity index (χ3n) is 3.10. The second-order valence-corrected chi connectivity index (χ2v) is 4.17. The average Bonchev–Trinajstić information content (AvgIpc) is 2.98. The van der Waals surface area contributed by atoms with Gasteiger partial charge in [-0.05, 0) is 24.5 Å². The molecule has 0 spiro atoms. The number of hydrogen-bond donors (Lipinski definition) is 1. The van der Waals surface area contributed by atoms with Gasteiger partial charge in [-0.15, -0.1) is 0 Å². The molecule has 1 aromatic carbocycles. The lowest BCUT2D eigenvalue weighted by Crippen LogP contribution is -2.15. The number of hydrogen-bond acceptors (Lipinski definition) is 2. The Morgan fingerprint density at radius 3 is 2.75 bits per heavy atom. The topological polar surface area (TPSA) is 46.5 Å². The predicted octanol–water partition coefficient (Wildman–Crippen LogP) is 2.34. The highest BCUT2D eigenvalue weighted by Gasteiger charge is 2.48. The van der Waals surface area contributed by atoms with Gasteiger partial charge in [0.25, 0.3) is 0 Å². The molecule has 1 fully saturated rings. The van der Waals surface area contributed by atoms with Gasteiger partial charge < -0.3 is 9.84 Å². The summed E-state index contributed by atoms with van der Waals surface area (Å²) in [6.07, 6.45) is 1.43. The summed E-state index contributed by atoms with van der Waals surface area (Å²) in [6.45, 7) is 0. The summed E-state index contributed by atoms with van der Waals surface area (Å²) in [7, 11) is 1.40. The fourth-order valence-electron chi connectivity index (χ4n) is 2.06. The third kappa shape index (κ3) is 1.75. The Balaban J connectivity index is 2.37. The molecular formula is C12H13FO3. The monoisotopic (exact) mass is 224 g/mol. The number of carboxylic acids is 1. The van der Waals surface area contributed by atoms with Crippen LogP contribution in [0.1, 0.15) is 24.8 Å². The van der Waals surface area contributed by atoms with E-state index in [-0.39, 0.29) is 12.2 Å². The molecule has 0 atom stereocenters. The molecule has 2 rings (SSSR count). The van der Waals surface area contributed by atoms with Crippen LogP contribution in [0.25, 0.3) is 0 Å². The summed E-state index contributed by atoms with van der Waals surface area (Å²) in [6, 6.07) is 4.88. The van der Waals surface area contributed by atoms with Crippen LogP contribution in [-0.2, 0) is 10.2 Å². The van der Waals surface area contributed by atoms with Crippen LogP contribution in [0.4, 0.5) is 4.39 Å². The Hall–Kier alpha value is -1.58. The van der Waals surface area contributed by atoms with Crippen molar-refractivity contribution >= 4 is 5.97 Å². The van der Waals surface area contributed by atoms with E-state index in [0.29, 0.717) is 5.56 Å². The lowest BCUT2D eigenvalue weighted by atomic mass is 9.92. The van der Waals surface area contributed by atoms with E-state index in [4.69, 9.17) is 9.84 Å². The first-order valence-corrected chi connectivity index (χ1v) is 5.14. The Morgan fingerprint density at radius 1 is 1.56 bits per heavy atom. The van der Waals surface area contributed by atoms with Crippen molar-refractivity contribution in [3.63, 3.8) is 0 Å². The molecule has 1 saturated carbocycles. The van der Waals surface area contributed by atoms with E-state index in [1.807, 2.05) is 0 Å². The molecule has 16 heavy (non-hydrogen) atoms. The Kier molecular flexibility index (Phi) is 2.58. The fourth-order valence-corrected chi connectivity index (χ4v) is 2.06. The third-order valence-corrected chi connectivity index (χ3v) is 3.10. The molecule has 0 bridgehead atoms. The van der Waals surface area contributed by atoms with Crippen molar-refractivity contribution in [2.24, 2.45) is 0 Å². The van der Waals surface area contributed by atoms with Gasteiger partial charge in [0.2, 0.25) is 0 Å². The van der Waals surface area contributed by atoms with E-state index < -0.39 is 17.2 Å². The van der Waals surface area contributed by atoms with Crippen LogP contribution in [0.2, 0.25) is 0 Å². The SMILES string of the molecule is COc1cccc(C2(CC(=O)O)CC2)c1F. The maximum Gasteiger partial charge on any atom is 0.304 e. The highest BCUT2D eigenvalue weighted by molar-refractivity contribution is 5.70. The van der Waals surface area contributed by atoms with Crippen molar-refractivity contribution in [1.82, 2.24) is 0 Å². The normalized spacial score (nSPS) is 16.9. The minimum absolute atomic E-state index is 0.0168. The first-order valence-electron chi connectivity index (χ1n) is 5.14. The molecule has 4 heteroatoms. The van der Waals surface area contributed by atoms with Crippen LogP contribution in [0.3, 0.4) is 0 Å². The van der Waals surface area contributed by atoms with E-state index in [0.717, 1.165) is 12.8 Å². The van der Waals surface area contributed by atoms with Gasteiger partial charge in [0.05, 0.1) is 13.5 Å². The van der Waals surface area contributed by atoms with E-state index in [1.165, 1.54) is 13.2 Å². The van der Waals surface area contributed by atoms with Gasteiger partial charge in [-0.2, -0.15) is 0 Å². The minimum atomic E-state index is -0.889. The Bertz CT molecular complexity index is 424. The summed E-state index contributed by atoms with van der Waals surface area (Å²) in [4.78, 5) is 10.7. The van der Waals surface area contributed by atoms with Gasteiger partial charge in [-0.1, -0.05) is 12.1 Å². The number of rotatable bonds is 4.